The number of carbonyl (C=O) groups excluding carboxylic acids is 2. The van der Waals surface area contributed by atoms with E-state index >= 15 is 0 Å². The van der Waals surface area contributed by atoms with E-state index in [4.69, 9.17) is 4.74 Å². The van der Waals surface area contributed by atoms with Crippen molar-refractivity contribution in [3.63, 3.8) is 0 Å². The van der Waals surface area contributed by atoms with Crippen molar-refractivity contribution >= 4 is 12.3 Å². The van der Waals surface area contributed by atoms with Crippen molar-refractivity contribution in [2.75, 3.05) is 0 Å². The van der Waals surface area contributed by atoms with Gasteiger partial charge in [-0.15, -0.1) is 0 Å². The zero-order valence-corrected chi connectivity index (χ0v) is 6.90. The molecule has 0 saturated heterocycles. The van der Waals surface area contributed by atoms with Gasteiger partial charge < -0.3 is 4.74 Å². The molecule has 1 aromatic rings. The van der Waals surface area contributed by atoms with Crippen molar-refractivity contribution in [2.24, 2.45) is 0 Å². The Morgan fingerprint density at radius 3 is 2.38 bits per heavy atom. The van der Waals surface area contributed by atoms with Gasteiger partial charge in [0, 0.05) is 11.6 Å². The van der Waals surface area contributed by atoms with Gasteiger partial charge in [0.1, 0.15) is 12.0 Å². The van der Waals surface area contributed by atoms with E-state index < -0.39 is 5.97 Å². The number of hydrogen-bond donors (Lipinski definition) is 0. The molecule has 1 aromatic carbocycles. The van der Waals surface area contributed by atoms with Gasteiger partial charge in [-0.1, -0.05) is 6.58 Å². The molecule has 0 unspecified atom stereocenters. The van der Waals surface area contributed by atoms with E-state index in [0.29, 0.717) is 11.3 Å². The first kappa shape index (κ1) is 9.19. The summed E-state index contributed by atoms with van der Waals surface area (Å²) in [6, 6.07) is 6.23. The Labute approximate surface area is 75.6 Å². The Morgan fingerprint density at radius 1 is 1.31 bits per heavy atom. The summed E-state index contributed by atoms with van der Waals surface area (Å²) in [6.45, 7) is 3.26. The minimum Gasteiger partial charge on any atom is -0.423 e. The van der Waals surface area contributed by atoms with Crippen LogP contribution in [0, 0.1) is 0 Å². The van der Waals surface area contributed by atoms with Crippen molar-refractivity contribution in [1.29, 1.82) is 0 Å². The van der Waals surface area contributed by atoms with Crippen LogP contribution in [-0.2, 0) is 4.79 Å². The molecule has 0 aliphatic carbocycles. The minimum atomic E-state index is -0.515. The van der Waals surface area contributed by atoms with E-state index in [-0.39, 0.29) is 0 Å². The van der Waals surface area contributed by atoms with Crippen molar-refractivity contribution in [3.05, 3.63) is 42.5 Å². The third kappa shape index (κ3) is 2.56. The summed E-state index contributed by atoms with van der Waals surface area (Å²) in [5.74, 6) is -0.116. The molecule has 3 nitrogen and oxygen atoms in total. The lowest BCUT2D eigenvalue weighted by Crippen LogP contribution is -2.02. The summed E-state index contributed by atoms with van der Waals surface area (Å²) >= 11 is 0. The number of rotatable bonds is 3. The second-order valence-electron chi connectivity index (χ2n) is 2.31. The lowest BCUT2D eigenvalue weighted by Gasteiger charge is -1.99. The molecule has 0 saturated carbocycles. The molecule has 0 radical (unpaired) electrons. The number of hydrogen-bond acceptors (Lipinski definition) is 3. The topological polar surface area (TPSA) is 43.4 Å². The highest BCUT2D eigenvalue weighted by atomic mass is 16.5. The van der Waals surface area contributed by atoms with Gasteiger partial charge in [0.2, 0.25) is 0 Å². The fraction of sp³-hybridized carbons (Fsp3) is 0. The summed E-state index contributed by atoms with van der Waals surface area (Å²) in [5.41, 5.74) is 0.540. The average molecular weight is 176 g/mol. The van der Waals surface area contributed by atoms with Gasteiger partial charge in [0.25, 0.3) is 0 Å². The molecule has 1 rings (SSSR count). The van der Waals surface area contributed by atoms with Crippen LogP contribution in [-0.4, -0.2) is 12.3 Å². The Bertz CT molecular complexity index is 325. The van der Waals surface area contributed by atoms with Crippen molar-refractivity contribution in [2.45, 2.75) is 0 Å². The van der Waals surface area contributed by atoms with E-state index in [1.165, 1.54) is 0 Å². The highest BCUT2D eigenvalue weighted by Gasteiger charge is 1.98. The van der Waals surface area contributed by atoms with Crippen LogP contribution in [0.2, 0.25) is 0 Å². The normalized spacial score (nSPS) is 8.92. The Balaban J connectivity index is 2.74. The molecule has 0 N–H and O–H groups in total. The maximum Gasteiger partial charge on any atom is 0.335 e. The predicted molar refractivity (Wildman–Crippen MR) is 47.7 cm³/mol. The van der Waals surface area contributed by atoms with Crippen LogP contribution in [0.25, 0.3) is 0 Å². The largest absolute Gasteiger partial charge is 0.423 e. The maximum atomic E-state index is 10.7. The second kappa shape index (κ2) is 4.21. The summed E-state index contributed by atoms with van der Waals surface area (Å²) in [5, 5.41) is 0. The first-order valence-electron chi connectivity index (χ1n) is 3.66. The van der Waals surface area contributed by atoms with Crippen LogP contribution in [0.1, 0.15) is 10.4 Å². The van der Waals surface area contributed by atoms with Gasteiger partial charge in [0.15, 0.2) is 0 Å². The Morgan fingerprint density at radius 2 is 1.92 bits per heavy atom. The van der Waals surface area contributed by atoms with E-state index in [0.717, 1.165) is 12.4 Å². The van der Waals surface area contributed by atoms with Crippen molar-refractivity contribution in [3.8, 4) is 5.75 Å². The molecule has 0 aromatic heterocycles. The molecule has 0 aliphatic rings. The SMILES string of the molecule is C=CC(=O)Oc1ccc(C=O)cc1. The first-order valence-corrected chi connectivity index (χ1v) is 3.66. The van der Waals surface area contributed by atoms with Crippen LogP contribution in [0.5, 0.6) is 5.75 Å². The van der Waals surface area contributed by atoms with Crippen LogP contribution in [0.15, 0.2) is 36.9 Å². The molecule has 0 spiro atoms. The standard InChI is InChI=1S/C10H8O3/c1-2-10(12)13-9-5-3-8(7-11)4-6-9/h2-7H,1H2. The lowest BCUT2D eigenvalue weighted by atomic mass is 10.2. The lowest BCUT2D eigenvalue weighted by molar-refractivity contribution is -0.128. The van der Waals surface area contributed by atoms with Crippen LogP contribution in [0.3, 0.4) is 0 Å². The minimum absolute atomic E-state index is 0.399. The maximum absolute atomic E-state index is 10.7. The smallest absolute Gasteiger partial charge is 0.335 e. The monoisotopic (exact) mass is 176 g/mol. The number of esters is 1. The van der Waals surface area contributed by atoms with Crippen molar-refractivity contribution in [1.82, 2.24) is 0 Å². The third-order valence-corrected chi connectivity index (χ3v) is 1.40. The molecule has 0 heterocycles. The highest BCUT2D eigenvalue weighted by Crippen LogP contribution is 2.10. The molecule has 0 aliphatic heterocycles. The van der Waals surface area contributed by atoms with E-state index in [1.54, 1.807) is 24.3 Å². The Kier molecular flexibility index (Phi) is 2.97. The van der Waals surface area contributed by atoms with Crippen LogP contribution >= 0.6 is 0 Å². The fourth-order valence-electron chi connectivity index (χ4n) is 0.772. The molecular formula is C10H8O3. The number of benzene rings is 1. The Hall–Kier alpha value is -1.90. The first-order chi connectivity index (χ1) is 6.26. The van der Waals surface area contributed by atoms with E-state index in [2.05, 4.69) is 6.58 Å². The zero-order valence-electron chi connectivity index (χ0n) is 6.90. The zero-order chi connectivity index (χ0) is 9.68. The predicted octanol–water partition coefficient (Wildman–Crippen LogP) is 1.59. The van der Waals surface area contributed by atoms with Gasteiger partial charge in [0.05, 0.1) is 0 Å². The molecule has 0 amide bonds. The number of ether oxygens (including phenoxy) is 1. The van der Waals surface area contributed by atoms with E-state index in [1.807, 2.05) is 0 Å². The summed E-state index contributed by atoms with van der Waals surface area (Å²) in [6.07, 6.45) is 1.80. The van der Waals surface area contributed by atoms with Gasteiger partial charge in [-0.3, -0.25) is 4.79 Å². The van der Waals surface area contributed by atoms with Gasteiger partial charge in [-0.05, 0) is 24.3 Å². The second-order valence-corrected chi connectivity index (χ2v) is 2.31. The summed E-state index contributed by atoms with van der Waals surface area (Å²) in [7, 11) is 0. The van der Waals surface area contributed by atoms with E-state index in [9.17, 15) is 9.59 Å². The quantitative estimate of drug-likeness (QED) is 0.304. The van der Waals surface area contributed by atoms with Gasteiger partial charge in [-0.2, -0.15) is 0 Å². The molecular weight excluding hydrogens is 168 g/mol. The molecule has 0 bridgehead atoms. The fourth-order valence-corrected chi connectivity index (χ4v) is 0.772. The molecule has 0 atom stereocenters. The van der Waals surface area contributed by atoms with Crippen LogP contribution < -0.4 is 4.74 Å². The molecule has 0 fully saturated rings. The molecule has 3 heteroatoms. The summed E-state index contributed by atoms with van der Waals surface area (Å²) in [4.78, 5) is 21.0. The van der Waals surface area contributed by atoms with Crippen LogP contribution in [0.4, 0.5) is 0 Å². The van der Waals surface area contributed by atoms with Gasteiger partial charge in [-0.25, -0.2) is 4.79 Å². The van der Waals surface area contributed by atoms with Crippen molar-refractivity contribution < 1.29 is 14.3 Å². The number of aldehydes is 1. The highest BCUT2D eigenvalue weighted by molar-refractivity contribution is 5.83. The number of carbonyl (C=O) groups is 2. The molecule has 66 valence electrons. The molecule has 13 heavy (non-hydrogen) atoms. The third-order valence-electron chi connectivity index (χ3n) is 1.40. The average Bonchev–Trinajstić information content (AvgIpc) is 2.19. The van der Waals surface area contributed by atoms with Gasteiger partial charge >= 0.3 is 5.97 Å². The summed E-state index contributed by atoms with van der Waals surface area (Å²) < 4.78 is 4.79.